The molecule has 2 nitrogen and oxygen atoms in total. The summed E-state index contributed by atoms with van der Waals surface area (Å²) in [6.45, 7) is 0.878. The van der Waals surface area contributed by atoms with Gasteiger partial charge in [0.15, 0.2) is 6.29 Å². The normalized spacial score (nSPS) is 29.6. The predicted octanol–water partition coefficient (Wildman–Crippen LogP) is 4.15. The number of ether oxygens (including phenoxy) is 1. The molecule has 1 aliphatic heterocycles. The topological polar surface area (TPSA) is 26.3 Å². The van der Waals surface area contributed by atoms with E-state index in [9.17, 15) is 4.79 Å². The van der Waals surface area contributed by atoms with E-state index in [0.717, 1.165) is 30.6 Å². The fraction of sp³-hybridized carbons (Fsp3) is 0.667. The molecule has 98 valence electrons. The van der Waals surface area contributed by atoms with Crippen LogP contribution in [0.1, 0.15) is 60.2 Å². The van der Waals surface area contributed by atoms with Gasteiger partial charge in [-0.25, -0.2) is 0 Å². The van der Waals surface area contributed by atoms with Gasteiger partial charge in [-0.3, -0.25) is 4.79 Å². The Balaban J connectivity index is 1.92. The van der Waals surface area contributed by atoms with Gasteiger partial charge in [0.05, 0.1) is 10.5 Å². The Labute approximate surface area is 112 Å². The van der Waals surface area contributed by atoms with Crippen LogP contribution in [0.15, 0.2) is 11.4 Å². The largest absolute Gasteiger partial charge is 0.370 e. The van der Waals surface area contributed by atoms with E-state index in [4.69, 9.17) is 4.74 Å². The van der Waals surface area contributed by atoms with Crippen LogP contribution in [0.4, 0.5) is 0 Å². The van der Waals surface area contributed by atoms with Crippen molar-refractivity contribution in [1.82, 2.24) is 0 Å². The highest BCUT2D eigenvalue weighted by atomic mass is 32.1. The summed E-state index contributed by atoms with van der Waals surface area (Å²) in [5, 5.41) is 2.14. The van der Waals surface area contributed by atoms with E-state index in [1.807, 2.05) is 0 Å². The van der Waals surface area contributed by atoms with E-state index in [0.29, 0.717) is 5.92 Å². The van der Waals surface area contributed by atoms with Crippen LogP contribution in [0.5, 0.6) is 0 Å². The second-order valence-corrected chi connectivity index (χ2v) is 6.47. The fourth-order valence-corrected chi connectivity index (χ4v) is 4.43. The van der Waals surface area contributed by atoms with Gasteiger partial charge in [-0.2, -0.15) is 0 Å². The van der Waals surface area contributed by atoms with Gasteiger partial charge in [0.2, 0.25) is 0 Å². The zero-order chi connectivity index (χ0) is 12.4. The SMILES string of the molecule is O=Cc1cc(C2(C3CCCCC3)CCCO2)cs1. The summed E-state index contributed by atoms with van der Waals surface area (Å²) >= 11 is 1.55. The molecular weight excluding hydrogens is 244 g/mol. The van der Waals surface area contributed by atoms with E-state index in [1.54, 1.807) is 11.3 Å². The van der Waals surface area contributed by atoms with E-state index < -0.39 is 0 Å². The van der Waals surface area contributed by atoms with Crippen molar-refractivity contribution in [1.29, 1.82) is 0 Å². The van der Waals surface area contributed by atoms with Crippen LogP contribution < -0.4 is 0 Å². The smallest absolute Gasteiger partial charge is 0.160 e. The quantitative estimate of drug-likeness (QED) is 0.767. The number of carbonyl (C=O) groups is 1. The van der Waals surface area contributed by atoms with Crippen molar-refractivity contribution in [3.63, 3.8) is 0 Å². The molecule has 2 heterocycles. The Morgan fingerprint density at radius 3 is 2.72 bits per heavy atom. The minimum Gasteiger partial charge on any atom is -0.370 e. The van der Waals surface area contributed by atoms with Crippen LogP contribution in [-0.2, 0) is 10.3 Å². The fourth-order valence-electron chi connectivity index (χ4n) is 3.65. The molecule has 2 fully saturated rings. The maximum Gasteiger partial charge on any atom is 0.160 e. The first-order valence-electron chi connectivity index (χ1n) is 7.03. The van der Waals surface area contributed by atoms with E-state index in [1.165, 1.54) is 37.7 Å². The van der Waals surface area contributed by atoms with Gasteiger partial charge < -0.3 is 4.74 Å². The molecule has 3 rings (SSSR count). The lowest BCUT2D eigenvalue weighted by Gasteiger charge is -2.39. The molecule has 2 aliphatic rings. The molecule has 18 heavy (non-hydrogen) atoms. The summed E-state index contributed by atoms with van der Waals surface area (Å²) in [6, 6.07) is 2.05. The highest BCUT2D eigenvalue weighted by molar-refractivity contribution is 7.11. The van der Waals surface area contributed by atoms with Gasteiger partial charge in [-0.05, 0) is 48.6 Å². The third kappa shape index (κ3) is 2.04. The van der Waals surface area contributed by atoms with Gasteiger partial charge in [0.25, 0.3) is 0 Å². The van der Waals surface area contributed by atoms with E-state index in [2.05, 4.69) is 11.4 Å². The van der Waals surface area contributed by atoms with Crippen LogP contribution in [0.3, 0.4) is 0 Å². The number of aldehydes is 1. The average Bonchev–Trinajstić information content (AvgIpc) is 3.09. The Hall–Kier alpha value is -0.670. The van der Waals surface area contributed by atoms with Gasteiger partial charge in [0, 0.05) is 6.61 Å². The molecule has 0 spiro atoms. The molecule has 0 aromatic carbocycles. The standard InChI is InChI=1S/C15H20O2S/c16-10-14-9-13(11-18-14)15(7-4-8-17-15)12-5-2-1-3-6-12/h9-12H,1-8H2. The van der Waals surface area contributed by atoms with Crippen molar-refractivity contribution in [3.05, 3.63) is 21.9 Å². The van der Waals surface area contributed by atoms with Crippen molar-refractivity contribution >= 4 is 17.6 Å². The van der Waals surface area contributed by atoms with Crippen molar-refractivity contribution in [2.45, 2.75) is 50.5 Å². The summed E-state index contributed by atoms with van der Waals surface area (Å²) in [6.07, 6.45) is 9.85. The predicted molar refractivity (Wildman–Crippen MR) is 73.1 cm³/mol. The van der Waals surface area contributed by atoms with Crippen LogP contribution >= 0.6 is 11.3 Å². The molecule has 1 aromatic heterocycles. The van der Waals surface area contributed by atoms with E-state index in [-0.39, 0.29) is 5.60 Å². The third-order valence-corrected chi connectivity index (χ3v) is 5.40. The highest BCUT2D eigenvalue weighted by Gasteiger charge is 2.44. The molecule has 0 amide bonds. The molecule has 0 radical (unpaired) electrons. The minimum absolute atomic E-state index is 0.0712. The van der Waals surface area contributed by atoms with Crippen molar-refractivity contribution in [2.75, 3.05) is 6.61 Å². The highest BCUT2D eigenvalue weighted by Crippen LogP contribution is 2.48. The third-order valence-electron chi connectivity index (χ3n) is 4.54. The molecule has 0 N–H and O–H groups in total. The summed E-state index contributed by atoms with van der Waals surface area (Å²) < 4.78 is 6.21. The number of hydrogen-bond acceptors (Lipinski definition) is 3. The number of hydrogen-bond donors (Lipinski definition) is 0. The van der Waals surface area contributed by atoms with Crippen molar-refractivity contribution in [3.8, 4) is 0 Å². The molecule has 1 unspecified atom stereocenters. The molecule has 1 saturated carbocycles. The molecule has 1 aliphatic carbocycles. The molecule has 0 bridgehead atoms. The lowest BCUT2D eigenvalue weighted by molar-refractivity contribution is -0.0611. The Morgan fingerprint density at radius 1 is 1.28 bits per heavy atom. The molecular formula is C15H20O2S. The Bertz CT molecular complexity index is 412. The lowest BCUT2D eigenvalue weighted by atomic mass is 9.72. The summed E-state index contributed by atoms with van der Waals surface area (Å²) in [4.78, 5) is 11.7. The Kier molecular flexibility index (Phi) is 3.53. The first-order valence-corrected chi connectivity index (χ1v) is 7.91. The van der Waals surface area contributed by atoms with Gasteiger partial charge >= 0.3 is 0 Å². The Morgan fingerprint density at radius 2 is 2.11 bits per heavy atom. The van der Waals surface area contributed by atoms with Crippen molar-refractivity contribution in [2.24, 2.45) is 5.92 Å². The zero-order valence-electron chi connectivity index (χ0n) is 10.7. The summed E-state index contributed by atoms with van der Waals surface area (Å²) in [7, 11) is 0. The van der Waals surface area contributed by atoms with Crippen LogP contribution in [0, 0.1) is 5.92 Å². The summed E-state index contributed by atoms with van der Waals surface area (Å²) in [5.41, 5.74) is 1.19. The number of rotatable bonds is 3. The maximum absolute atomic E-state index is 10.9. The molecule has 1 saturated heterocycles. The van der Waals surface area contributed by atoms with Gasteiger partial charge in [-0.1, -0.05) is 19.3 Å². The number of thiophene rings is 1. The van der Waals surface area contributed by atoms with Gasteiger partial charge in [-0.15, -0.1) is 11.3 Å². The second kappa shape index (κ2) is 5.14. The first kappa shape index (κ1) is 12.4. The average molecular weight is 264 g/mol. The van der Waals surface area contributed by atoms with Crippen molar-refractivity contribution < 1.29 is 9.53 Å². The second-order valence-electron chi connectivity index (χ2n) is 5.53. The van der Waals surface area contributed by atoms with Crippen LogP contribution in [-0.4, -0.2) is 12.9 Å². The first-order chi connectivity index (χ1) is 8.85. The molecule has 1 atom stereocenters. The lowest BCUT2D eigenvalue weighted by Crippen LogP contribution is -2.35. The van der Waals surface area contributed by atoms with Gasteiger partial charge in [0.1, 0.15) is 0 Å². The van der Waals surface area contributed by atoms with Crippen LogP contribution in [0.2, 0.25) is 0 Å². The molecule has 1 aromatic rings. The van der Waals surface area contributed by atoms with E-state index >= 15 is 0 Å². The summed E-state index contributed by atoms with van der Waals surface area (Å²) in [5.74, 6) is 0.655. The zero-order valence-corrected chi connectivity index (χ0v) is 11.5. The maximum atomic E-state index is 10.9. The molecule has 3 heteroatoms. The van der Waals surface area contributed by atoms with Crippen LogP contribution in [0.25, 0.3) is 0 Å². The monoisotopic (exact) mass is 264 g/mol. The number of carbonyl (C=O) groups excluding carboxylic acids is 1. The minimum atomic E-state index is -0.0712.